The molecule has 2 rings (SSSR count). The molecule has 1 saturated heterocycles. The standard InChI is InChI=1S/C16H24N2O/c1-11-9-12(2)15(13(3)10-11)17-16(19)14-7-5-6-8-18(14)4/h9-10,14H,5-8H2,1-4H3,(H,17,19)/p+1/t14-/m0/s1. The van der Waals surface area contributed by atoms with Crippen molar-refractivity contribution in [3.8, 4) is 0 Å². The van der Waals surface area contributed by atoms with Gasteiger partial charge in [0.05, 0.1) is 13.6 Å². The molecule has 0 aliphatic carbocycles. The van der Waals surface area contributed by atoms with Gasteiger partial charge in [0.1, 0.15) is 0 Å². The lowest BCUT2D eigenvalue weighted by atomic mass is 10.0. The van der Waals surface area contributed by atoms with Crippen LogP contribution in [0.1, 0.15) is 36.0 Å². The van der Waals surface area contributed by atoms with E-state index >= 15 is 0 Å². The van der Waals surface area contributed by atoms with E-state index in [-0.39, 0.29) is 11.9 Å². The van der Waals surface area contributed by atoms with E-state index in [9.17, 15) is 4.79 Å². The van der Waals surface area contributed by atoms with Gasteiger partial charge in [0.25, 0.3) is 5.91 Å². The third kappa shape index (κ3) is 3.16. The van der Waals surface area contributed by atoms with Crippen molar-refractivity contribution in [2.45, 2.75) is 46.1 Å². The number of piperidine rings is 1. The second-order valence-electron chi connectivity index (χ2n) is 5.91. The Hall–Kier alpha value is -1.35. The minimum absolute atomic E-state index is 0.105. The fraction of sp³-hybridized carbons (Fsp3) is 0.562. The molecule has 1 aromatic carbocycles. The van der Waals surface area contributed by atoms with Crippen LogP contribution in [0.4, 0.5) is 5.69 Å². The number of carbonyl (C=O) groups is 1. The zero-order chi connectivity index (χ0) is 14.0. The van der Waals surface area contributed by atoms with Crippen molar-refractivity contribution in [3.05, 3.63) is 28.8 Å². The topological polar surface area (TPSA) is 33.5 Å². The highest BCUT2D eigenvalue weighted by Crippen LogP contribution is 2.22. The van der Waals surface area contributed by atoms with E-state index in [1.807, 2.05) is 0 Å². The van der Waals surface area contributed by atoms with Crippen LogP contribution in [0.25, 0.3) is 0 Å². The number of hydrogen-bond donors (Lipinski definition) is 2. The van der Waals surface area contributed by atoms with Crippen LogP contribution < -0.4 is 10.2 Å². The van der Waals surface area contributed by atoms with Crippen molar-refractivity contribution in [1.82, 2.24) is 0 Å². The number of benzene rings is 1. The fourth-order valence-electron chi connectivity index (χ4n) is 3.12. The molecule has 1 aliphatic rings. The van der Waals surface area contributed by atoms with Crippen molar-refractivity contribution in [2.24, 2.45) is 0 Å². The van der Waals surface area contributed by atoms with Gasteiger partial charge in [-0.05, 0) is 44.7 Å². The lowest BCUT2D eigenvalue weighted by Crippen LogP contribution is -3.15. The van der Waals surface area contributed by atoms with Gasteiger partial charge in [-0.1, -0.05) is 17.7 Å². The predicted molar refractivity (Wildman–Crippen MR) is 78.7 cm³/mol. The molecule has 1 unspecified atom stereocenters. The highest BCUT2D eigenvalue weighted by Gasteiger charge is 2.30. The molecule has 1 amide bonds. The summed E-state index contributed by atoms with van der Waals surface area (Å²) in [5, 5.41) is 3.15. The first-order valence-corrected chi connectivity index (χ1v) is 7.20. The van der Waals surface area contributed by atoms with Crippen LogP contribution >= 0.6 is 0 Å². The molecule has 104 valence electrons. The number of nitrogens with one attached hydrogen (secondary N) is 2. The Bertz CT molecular complexity index is 459. The third-order valence-electron chi connectivity index (χ3n) is 4.15. The summed E-state index contributed by atoms with van der Waals surface area (Å²) in [5.41, 5.74) is 4.54. The van der Waals surface area contributed by atoms with Gasteiger partial charge in [0.2, 0.25) is 0 Å². The predicted octanol–water partition coefficient (Wildman–Crippen LogP) is 1.62. The fourth-order valence-corrected chi connectivity index (χ4v) is 3.12. The van der Waals surface area contributed by atoms with Gasteiger partial charge in [-0.3, -0.25) is 4.79 Å². The number of likely N-dealkylation sites (N-methyl/N-ethyl adjacent to an activating group) is 1. The first-order valence-electron chi connectivity index (χ1n) is 7.20. The molecule has 0 spiro atoms. The third-order valence-corrected chi connectivity index (χ3v) is 4.15. The van der Waals surface area contributed by atoms with Crippen LogP contribution in [-0.2, 0) is 4.79 Å². The minimum atomic E-state index is 0.105. The lowest BCUT2D eigenvalue weighted by molar-refractivity contribution is -0.901. The van der Waals surface area contributed by atoms with Gasteiger partial charge < -0.3 is 10.2 Å². The Morgan fingerprint density at radius 1 is 1.21 bits per heavy atom. The summed E-state index contributed by atoms with van der Waals surface area (Å²) in [6.07, 6.45) is 3.40. The van der Waals surface area contributed by atoms with Gasteiger partial charge in [-0.2, -0.15) is 0 Å². The molecular weight excluding hydrogens is 236 g/mol. The molecule has 0 bridgehead atoms. The molecule has 1 fully saturated rings. The summed E-state index contributed by atoms with van der Waals surface area (Å²) in [4.78, 5) is 13.8. The highest BCUT2D eigenvalue weighted by molar-refractivity contribution is 5.95. The van der Waals surface area contributed by atoms with Crippen LogP contribution in [0.2, 0.25) is 0 Å². The average molecular weight is 261 g/mol. The Morgan fingerprint density at radius 2 is 1.84 bits per heavy atom. The van der Waals surface area contributed by atoms with Crippen LogP contribution in [-0.4, -0.2) is 25.5 Å². The Kier molecular flexibility index (Phi) is 4.25. The van der Waals surface area contributed by atoms with Gasteiger partial charge in [-0.15, -0.1) is 0 Å². The zero-order valence-electron chi connectivity index (χ0n) is 12.5. The van der Waals surface area contributed by atoms with Crippen molar-refractivity contribution < 1.29 is 9.69 Å². The Labute approximate surface area is 116 Å². The monoisotopic (exact) mass is 261 g/mol. The zero-order valence-corrected chi connectivity index (χ0v) is 12.5. The van der Waals surface area contributed by atoms with Crippen LogP contribution in [0.5, 0.6) is 0 Å². The largest absolute Gasteiger partial charge is 0.327 e. The van der Waals surface area contributed by atoms with Gasteiger partial charge in [0, 0.05) is 12.1 Å². The molecule has 0 aromatic heterocycles. The number of anilines is 1. The van der Waals surface area contributed by atoms with Crippen molar-refractivity contribution in [2.75, 3.05) is 18.9 Å². The molecule has 19 heavy (non-hydrogen) atoms. The number of rotatable bonds is 2. The number of aryl methyl sites for hydroxylation is 3. The molecular formula is C16H25N2O+. The minimum Gasteiger partial charge on any atom is -0.327 e. The number of amides is 1. The molecule has 2 N–H and O–H groups in total. The normalized spacial score (nSPS) is 23.2. The molecule has 1 aliphatic heterocycles. The van der Waals surface area contributed by atoms with E-state index in [1.54, 1.807) is 0 Å². The summed E-state index contributed by atoms with van der Waals surface area (Å²) >= 11 is 0. The number of quaternary nitrogens is 1. The highest BCUT2D eigenvalue weighted by atomic mass is 16.2. The first kappa shape index (κ1) is 14.1. The van der Waals surface area contributed by atoms with E-state index in [4.69, 9.17) is 0 Å². The van der Waals surface area contributed by atoms with Gasteiger partial charge in [0.15, 0.2) is 6.04 Å². The summed E-state index contributed by atoms with van der Waals surface area (Å²) in [5.74, 6) is 0.173. The van der Waals surface area contributed by atoms with E-state index in [0.717, 1.165) is 29.8 Å². The van der Waals surface area contributed by atoms with E-state index in [2.05, 4.69) is 45.3 Å². The second-order valence-corrected chi connectivity index (χ2v) is 5.91. The maximum atomic E-state index is 12.4. The summed E-state index contributed by atoms with van der Waals surface area (Å²) < 4.78 is 0. The van der Waals surface area contributed by atoms with Crippen molar-refractivity contribution in [1.29, 1.82) is 0 Å². The number of carbonyl (C=O) groups excluding carboxylic acids is 1. The second kappa shape index (κ2) is 5.74. The van der Waals surface area contributed by atoms with Crippen LogP contribution in [0.3, 0.4) is 0 Å². The maximum Gasteiger partial charge on any atom is 0.282 e. The number of hydrogen-bond acceptors (Lipinski definition) is 1. The molecule has 2 atom stereocenters. The molecule has 1 heterocycles. The van der Waals surface area contributed by atoms with Crippen LogP contribution in [0.15, 0.2) is 12.1 Å². The molecule has 0 saturated carbocycles. The average Bonchev–Trinajstić information content (AvgIpc) is 2.34. The first-order chi connectivity index (χ1) is 8.99. The molecule has 3 heteroatoms. The summed E-state index contributed by atoms with van der Waals surface area (Å²) in [7, 11) is 2.12. The Balaban J connectivity index is 2.14. The van der Waals surface area contributed by atoms with Gasteiger partial charge in [-0.25, -0.2) is 0 Å². The molecule has 1 aromatic rings. The summed E-state index contributed by atoms with van der Waals surface area (Å²) in [6, 6.07) is 4.36. The SMILES string of the molecule is Cc1cc(C)c(NC(=O)[C@@H]2CCCC[NH+]2C)c(C)c1. The lowest BCUT2D eigenvalue weighted by Gasteiger charge is -2.28. The molecule has 0 radical (unpaired) electrons. The van der Waals surface area contributed by atoms with Gasteiger partial charge >= 0.3 is 0 Å². The number of likely N-dealkylation sites (tertiary alicyclic amines) is 1. The maximum absolute atomic E-state index is 12.4. The smallest absolute Gasteiger partial charge is 0.282 e. The Morgan fingerprint density at radius 3 is 2.42 bits per heavy atom. The van der Waals surface area contributed by atoms with E-state index < -0.39 is 0 Å². The van der Waals surface area contributed by atoms with E-state index in [0.29, 0.717) is 0 Å². The summed E-state index contributed by atoms with van der Waals surface area (Å²) in [6.45, 7) is 7.31. The van der Waals surface area contributed by atoms with Crippen molar-refractivity contribution >= 4 is 11.6 Å². The molecule has 3 nitrogen and oxygen atoms in total. The van der Waals surface area contributed by atoms with Crippen molar-refractivity contribution in [3.63, 3.8) is 0 Å². The van der Waals surface area contributed by atoms with E-state index in [1.165, 1.54) is 23.3 Å². The van der Waals surface area contributed by atoms with Crippen LogP contribution in [0, 0.1) is 20.8 Å². The quantitative estimate of drug-likeness (QED) is 0.833.